The summed E-state index contributed by atoms with van der Waals surface area (Å²) in [4.78, 5) is 10.8. The van der Waals surface area contributed by atoms with Gasteiger partial charge in [-0.15, -0.1) is 0 Å². The van der Waals surface area contributed by atoms with Crippen molar-refractivity contribution >= 4 is 16.9 Å². The maximum atomic E-state index is 10.8. The first-order chi connectivity index (χ1) is 7.59. The molecule has 0 unspecified atom stereocenters. The molecule has 0 atom stereocenters. The normalized spacial score (nSPS) is 11.2. The first-order valence-electron chi connectivity index (χ1n) is 5.31. The highest BCUT2D eigenvalue weighted by atomic mass is 16.4. The third-order valence-corrected chi connectivity index (χ3v) is 2.60. The van der Waals surface area contributed by atoms with E-state index >= 15 is 0 Å². The molecule has 0 saturated carbocycles. The van der Waals surface area contributed by atoms with E-state index in [9.17, 15) is 4.79 Å². The molecule has 3 nitrogen and oxygen atoms in total. The van der Waals surface area contributed by atoms with E-state index in [1.165, 1.54) is 0 Å². The first kappa shape index (κ1) is 10.7. The maximum absolute atomic E-state index is 10.8. The van der Waals surface area contributed by atoms with Crippen molar-refractivity contribution in [3.8, 4) is 0 Å². The highest BCUT2D eigenvalue weighted by molar-refractivity contribution is 5.84. The molecule has 0 fully saturated rings. The fourth-order valence-electron chi connectivity index (χ4n) is 2.02. The zero-order chi connectivity index (χ0) is 11.7. The van der Waals surface area contributed by atoms with Crippen molar-refractivity contribution in [3.05, 3.63) is 35.6 Å². The van der Waals surface area contributed by atoms with Crippen LogP contribution in [0.3, 0.4) is 0 Å². The Morgan fingerprint density at radius 3 is 2.69 bits per heavy atom. The number of aliphatic carboxylic acids is 1. The number of furan rings is 1. The van der Waals surface area contributed by atoms with Crippen molar-refractivity contribution in [1.82, 2.24) is 0 Å². The minimum atomic E-state index is -0.860. The summed E-state index contributed by atoms with van der Waals surface area (Å²) >= 11 is 0. The van der Waals surface area contributed by atoms with Crippen molar-refractivity contribution in [1.29, 1.82) is 0 Å². The maximum Gasteiger partial charge on any atom is 0.311 e. The predicted molar refractivity (Wildman–Crippen MR) is 61.6 cm³/mol. The van der Waals surface area contributed by atoms with Gasteiger partial charge in [0, 0.05) is 10.9 Å². The smallest absolute Gasteiger partial charge is 0.311 e. The quantitative estimate of drug-likeness (QED) is 0.860. The largest absolute Gasteiger partial charge is 0.481 e. The first-order valence-corrected chi connectivity index (χ1v) is 5.31. The highest BCUT2D eigenvalue weighted by Gasteiger charge is 2.18. The van der Waals surface area contributed by atoms with E-state index in [2.05, 4.69) is 0 Å². The van der Waals surface area contributed by atoms with Crippen LogP contribution in [0, 0.1) is 0 Å². The van der Waals surface area contributed by atoms with Crippen LogP contribution in [0.15, 0.2) is 28.7 Å². The molecule has 1 N–H and O–H groups in total. The van der Waals surface area contributed by atoms with Gasteiger partial charge in [-0.25, -0.2) is 0 Å². The molecule has 1 aromatic carbocycles. The molecule has 0 radical (unpaired) electrons. The minimum absolute atomic E-state index is 0.0534. The lowest BCUT2D eigenvalue weighted by molar-refractivity contribution is -0.136. The summed E-state index contributed by atoms with van der Waals surface area (Å²) in [6.07, 6.45) is -0.0534. The van der Waals surface area contributed by atoms with Crippen LogP contribution in [-0.2, 0) is 11.2 Å². The monoisotopic (exact) mass is 218 g/mol. The summed E-state index contributed by atoms with van der Waals surface area (Å²) in [6.45, 7) is 4.09. The summed E-state index contributed by atoms with van der Waals surface area (Å²) in [5, 5.41) is 9.86. The summed E-state index contributed by atoms with van der Waals surface area (Å²) in [7, 11) is 0. The van der Waals surface area contributed by atoms with Gasteiger partial charge in [0.2, 0.25) is 0 Å². The number of carboxylic acid groups (broad SMARTS) is 1. The molecule has 0 amide bonds. The van der Waals surface area contributed by atoms with E-state index in [1.807, 2.05) is 38.1 Å². The fraction of sp³-hybridized carbons (Fsp3) is 0.308. The van der Waals surface area contributed by atoms with Crippen LogP contribution >= 0.6 is 0 Å². The Labute approximate surface area is 93.7 Å². The van der Waals surface area contributed by atoms with Crippen LogP contribution < -0.4 is 0 Å². The van der Waals surface area contributed by atoms with Crippen LogP contribution in [-0.4, -0.2) is 11.1 Å². The second-order valence-corrected chi connectivity index (χ2v) is 4.16. The Hall–Kier alpha value is -1.77. The number of fused-ring (bicyclic) bond motifs is 1. The molecule has 84 valence electrons. The van der Waals surface area contributed by atoms with Crippen molar-refractivity contribution in [2.24, 2.45) is 0 Å². The van der Waals surface area contributed by atoms with Gasteiger partial charge in [-0.3, -0.25) is 4.79 Å². The van der Waals surface area contributed by atoms with Gasteiger partial charge < -0.3 is 9.52 Å². The van der Waals surface area contributed by atoms with Crippen molar-refractivity contribution < 1.29 is 14.3 Å². The second kappa shape index (κ2) is 4.00. The Bertz CT molecular complexity index is 523. The van der Waals surface area contributed by atoms with E-state index in [0.29, 0.717) is 5.76 Å². The van der Waals surface area contributed by atoms with E-state index in [1.54, 1.807) is 0 Å². The number of carboxylic acids is 1. The SMILES string of the molecule is CC(C)c1c(CC(=O)O)oc2ccccc12. The van der Waals surface area contributed by atoms with Crippen molar-refractivity contribution in [3.63, 3.8) is 0 Å². The molecule has 0 saturated heterocycles. The molecule has 0 aliphatic carbocycles. The number of para-hydroxylation sites is 1. The second-order valence-electron chi connectivity index (χ2n) is 4.16. The van der Waals surface area contributed by atoms with E-state index in [0.717, 1.165) is 16.5 Å². The summed E-state index contributed by atoms with van der Waals surface area (Å²) < 4.78 is 5.59. The van der Waals surface area contributed by atoms with Crippen molar-refractivity contribution in [2.45, 2.75) is 26.2 Å². The van der Waals surface area contributed by atoms with E-state index in [-0.39, 0.29) is 12.3 Å². The van der Waals surface area contributed by atoms with Crippen LogP contribution in [0.1, 0.15) is 31.1 Å². The van der Waals surface area contributed by atoms with E-state index < -0.39 is 5.97 Å². The van der Waals surface area contributed by atoms with Gasteiger partial charge in [0.05, 0.1) is 0 Å². The molecule has 2 rings (SSSR count). The van der Waals surface area contributed by atoms with Crippen LogP contribution in [0.2, 0.25) is 0 Å². The Morgan fingerprint density at radius 1 is 1.38 bits per heavy atom. The van der Waals surface area contributed by atoms with Gasteiger partial charge in [0.25, 0.3) is 0 Å². The lowest BCUT2D eigenvalue weighted by Gasteiger charge is -2.04. The standard InChI is InChI=1S/C13H14O3/c1-8(2)13-9-5-3-4-6-10(9)16-11(13)7-12(14)15/h3-6,8H,7H2,1-2H3,(H,14,15). The Kier molecular flexibility index (Phi) is 2.69. The number of hydrogen-bond donors (Lipinski definition) is 1. The average molecular weight is 218 g/mol. The van der Waals surface area contributed by atoms with E-state index in [4.69, 9.17) is 9.52 Å². The third kappa shape index (κ3) is 1.81. The van der Waals surface area contributed by atoms with Crippen molar-refractivity contribution in [2.75, 3.05) is 0 Å². The zero-order valence-corrected chi connectivity index (χ0v) is 9.36. The summed E-state index contributed by atoms with van der Waals surface area (Å²) in [5.41, 5.74) is 1.78. The number of rotatable bonds is 3. The molecule has 1 heterocycles. The fourth-order valence-corrected chi connectivity index (χ4v) is 2.02. The number of benzene rings is 1. The molecule has 0 aliphatic rings. The van der Waals surface area contributed by atoms with Crippen LogP contribution in [0.5, 0.6) is 0 Å². The third-order valence-electron chi connectivity index (χ3n) is 2.60. The topological polar surface area (TPSA) is 50.4 Å². The molecule has 16 heavy (non-hydrogen) atoms. The van der Waals surface area contributed by atoms with Gasteiger partial charge in [-0.05, 0) is 12.0 Å². The summed E-state index contributed by atoms with van der Waals surface area (Å²) in [6, 6.07) is 7.67. The molecule has 2 aromatic rings. The van der Waals surface area contributed by atoms with Crippen LogP contribution in [0.4, 0.5) is 0 Å². The summed E-state index contributed by atoms with van der Waals surface area (Å²) in [5.74, 6) is -0.0253. The Morgan fingerprint density at radius 2 is 2.06 bits per heavy atom. The van der Waals surface area contributed by atoms with Crippen LogP contribution in [0.25, 0.3) is 11.0 Å². The molecule has 1 aromatic heterocycles. The van der Waals surface area contributed by atoms with Gasteiger partial charge >= 0.3 is 5.97 Å². The van der Waals surface area contributed by atoms with Gasteiger partial charge in [0.1, 0.15) is 17.8 Å². The molecule has 0 spiro atoms. The molecule has 0 bridgehead atoms. The highest BCUT2D eigenvalue weighted by Crippen LogP contribution is 2.31. The average Bonchev–Trinajstić information content (AvgIpc) is 2.53. The van der Waals surface area contributed by atoms with Gasteiger partial charge in [0.15, 0.2) is 0 Å². The lowest BCUT2D eigenvalue weighted by atomic mass is 9.98. The zero-order valence-electron chi connectivity index (χ0n) is 9.36. The minimum Gasteiger partial charge on any atom is -0.481 e. The molecule has 0 aliphatic heterocycles. The number of carbonyl (C=O) groups is 1. The lowest BCUT2D eigenvalue weighted by Crippen LogP contribution is -2.02. The number of hydrogen-bond acceptors (Lipinski definition) is 2. The Balaban J connectivity index is 2.63. The molecule has 3 heteroatoms. The molecular weight excluding hydrogens is 204 g/mol. The van der Waals surface area contributed by atoms with Gasteiger partial charge in [-0.1, -0.05) is 32.0 Å². The molecular formula is C13H14O3. The van der Waals surface area contributed by atoms with Gasteiger partial charge in [-0.2, -0.15) is 0 Å². The predicted octanol–water partition coefficient (Wildman–Crippen LogP) is 3.18.